The maximum atomic E-state index is 11.5. The summed E-state index contributed by atoms with van der Waals surface area (Å²) in [6, 6.07) is 21.2. The topological polar surface area (TPSA) is 55.2 Å². The summed E-state index contributed by atoms with van der Waals surface area (Å²) in [6.07, 6.45) is 0.839. The fourth-order valence-electron chi connectivity index (χ4n) is 4.99. The molecule has 8 heteroatoms. The number of alkyl halides is 1. The van der Waals surface area contributed by atoms with Gasteiger partial charge in [0.2, 0.25) is 0 Å². The lowest BCUT2D eigenvalue weighted by Crippen LogP contribution is -2.31. The van der Waals surface area contributed by atoms with Crippen molar-refractivity contribution >= 4 is 62.3 Å². The molecule has 3 aromatic carbocycles. The van der Waals surface area contributed by atoms with Gasteiger partial charge in [0.25, 0.3) is 5.69 Å². The standard InChI is InChI=1S/C24H19BrCl2N2O2S/c25-14-5-3-4-13(10-14)24-17-12-21(32-20-7-2-1-6-19(20)29(30)31)23(27)22(17)16-11-15(26)8-9-18(16)28-24/h1-11,17,21-24,28H,12H2. The van der Waals surface area contributed by atoms with Crippen LogP contribution in [0.1, 0.15) is 29.5 Å². The number of benzene rings is 3. The van der Waals surface area contributed by atoms with Crippen molar-refractivity contribution in [2.24, 2.45) is 5.92 Å². The van der Waals surface area contributed by atoms with Crippen LogP contribution in [-0.2, 0) is 0 Å². The van der Waals surface area contributed by atoms with Gasteiger partial charge in [0.15, 0.2) is 0 Å². The lowest BCUT2D eigenvalue weighted by Gasteiger charge is -2.38. The van der Waals surface area contributed by atoms with E-state index in [0.29, 0.717) is 9.92 Å². The van der Waals surface area contributed by atoms with Gasteiger partial charge in [-0.3, -0.25) is 10.1 Å². The third-order valence-electron chi connectivity index (χ3n) is 6.32. The highest BCUT2D eigenvalue weighted by Gasteiger charge is 2.50. The van der Waals surface area contributed by atoms with Gasteiger partial charge in [0.05, 0.1) is 21.2 Å². The summed E-state index contributed by atoms with van der Waals surface area (Å²) in [7, 11) is 0. The fraction of sp³-hybridized carbons (Fsp3) is 0.250. The van der Waals surface area contributed by atoms with Crippen molar-refractivity contribution in [1.29, 1.82) is 0 Å². The van der Waals surface area contributed by atoms with Gasteiger partial charge >= 0.3 is 0 Å². The second-order valence-corrected chi connectivity index (χ2v) is 11.3. The molecular weight excluding hydrogens is 531 g/mol. The number of para-hydroxylation sites is 1. The van der Waals surface area contributed by atoms with Crippen LogP contribution in [-0.4, -0.2) is 15.6 Å². The molecule has 0 amide bonds. The molecule has 164 valence electrons. The Balaban J connectivity index is 1.54. The van der Waals surface area contributed by atoms with E-state index in [2.05, 4.69) is 33.4 Å². The van der Waals surface area contributed by atoms with Crippen LogP contribution in [0.3, 0.4) is 0 Å². The van der Waals surface area contributed by atoms with Gasteiger partial charge in [-0.2, -0.15) is 0 Å². The van der Waals surface area contributed by atoms with Gasteiger partial charge in [-0.25, -0.2) is 0 Å². The van der Waals surface area contributed by atoms with Gasteiger partial charge in [0, 0.05) is 32.4 Å². The highest BCUT2D eigenvalue weighted by atomic mass is 79.9. The molecule has 0 bridgehead atoms. The molecule has 5 rings (SSSR count). The predicted octanol–water partition coefficient (Wildman–Crippen LogP) is 8.05. The van der Waals surface area contributed by atoms with E-state index in [1.807, 2.05) is 42.5 Å². The van der Waals surface area contributed by atoms with E-state index in [9.17, 15) is 10.1 Å². The summed E-state index contributed by atoms with van der Waals surface area (Å²) < 4.78 is 1.03. The zero-order valence-corrected chi connectivity index (χ0v) is 20.7. The summed E-state index contributed by atoms with van der Waals surface area (Å²) >= 11 is 18.6. The molecule has 1 fully saturated rings. The minimum atomic E-state index is -0.325. The number of anilines is 1. The third-order valence-corrected chi connectivity index (χ3v) is 9.16. The van der Waals surface area contributed by atoms with Crippen molar-refractivity contribution in [1.82, 2.24) is 0 Å². The normalized spacial score (nSPS) is 26.2. The number of rotatable bonds is 4. The van der Waals surface area contributed by atoms with Gasteiger partial charge in [0.1, 0.15) is 0 Å². The van der Waals surface area contributed by atoms with Crippen molar-refractivity contribution in [3.63, 3.8) is 0 Å². The fourth-order valence-corrected chi connectivity index (χ4v) is 7.53. The number of nitrogens with zero attached hydrogens (tertiary/aromatic N) is 1. The Bertz CT molecular complexity index is 1190. The van der Waals surface area contributed by atoms with E-state index in [1.54, 1.807) is 12.1 Å². The van der Waals surface area contributed by atoms with E-state index in [4.69, 9.17) is 23.2 Å². The van der Waals surface area contributed by atoms with E-state index in [-0.39, 0.29) is 39.1 Å². The summed E-state index contributed by atoms with van der Waals surface area (Å²) in [5, 5.41) is 15.8. The maximum Gasteiger partial charge on any atom is 0.282 e. The molecule has 0 aromatic heterocycles. The van der Waals surface area contributed by atoms with Crippen LogP contribution in [0, 0.1) is 16.0 Å². The second kappa shape index (κ2) is 8.90. The van der Waals surface area contributed by atoms with Gasteiger partial charge in [-0.15, -0.1) is 23.4 Å². The molecule has 2 aliphatic rings. The van der Waals surface area contributed by atoms with Crippen molar-refractivity contribution in [3.8, 4) is 0 Å². The first-order chi connectivity index (χ1) is 15.4. The summed E-state index contributed by atoms with van der Waals surface area (Å²) in [4.78, 5) is 11.9. The number of nitro groups is 1. The third kappa shape index (κ3) is 4.03. The minimum absolute atomic E-state index is 0.0363. The molecule has 5 unspecified atom stereocenters. The zero-order valence-electron chi connectivity index (χ0n) is 16.8. The predicted molar refractivity (Wildman–Crippen MR) is 135 cm³/mol. The SMILES string of the molecule is O=[N+]([O-])c1ccccc1SC1CC2C(c3cccc(Br)c3)Nc3ccc(Cl)cc3C2C1Cl. The smallest absolute Gasteiger partial charge is 0.282 e. The average molecular weight is 550 g/mol. The Hall–Kier alpha value is -1.73. The van der Waals surface area contributed by atoms with Crippen molar-refractivity contribution in [2.45, 2.75) is 33.9 Å². The summed E-state index contributed by atoms with van der Waals surface area (Å²) in [5.41, 5.74) is 3.48. The Morgan fingerprint density at radius 1 is 1.09 bits per heavy atom. The van der Waals surface area contributed by atoms with Crippen LogP contribution < -0.4 is 5.32 Å². The Morgan fingerprint density at radius 2 is 1.91 bits per heavy atom. The molecule has 1 aliphatic carbocycles. The Labute approximate surface area is 209 Å². The summed E-state index contributed by atoms with van der Waals surface area (Å²) in [5.74, 6) is 0.328. The van der Waals surface area contributed by atoms with Gasteiger partial charge in [-0.1, -0.05) is 51.8 Å². The van der Waals surface area contributed by atoms with Crippen LogP contribution in [0.15, 0.2) is 76.1 Å². The molecule has 0 spiro atoms. The molecule has 1 N–H and O–H groups in total. The Morgan fingerprint density at radius 3 is 2.69 bits per heavy atom. The quantitative estimate of drug-likeness (QED) is 0.203. The van der Waals surface area contributed by atoms with Crippen molar-refractivity contribution in [2.75, 3.05) is 5.32 Å². The van der Waals surface area contributed by atoms with Crippen LogP contribution in [0.2, 0.25) is 5.02 Å². The Kier molecular flexibility index (Phi) is 6.14. The molecule has 1 heterocycles. The van der Waals surface area contributed by atoms with Crippen LogP contribution in [0.5, 0.6) is 0 Å². The first kappa shape index (κ1) is 22.1. The highest BCUT2D eigenvalue weighted by molar-refractivity contribution is 9.10. The van der Waals surface area contributed by atoms with Crippen molar-refractivity contribution < 1.29 is 4.92 Å². The molecular formula is C24H19BrCl2N2O2S. The number of halogens is 3. The summed E-state index contributed by atoms with van der Waals surface area (Å²) in [6.45, 7) is 0. The lowest BCUT2D eigenvalue weighted by molar-refractivity contribution is -0.387. The molecule has 4 nitrogen and oxygen atoms in total. The maximum absolute atomic E-state index is 11.5. The van der Waals surface area contributed by atoms with E-state index < -0.39 is 0 Å². The van der Waals surface area contributed by atoms with E-state index >= 15 is 0 Å². The van der Waals surface area contributed by atoms with Gasteiger partial charge in [-0.05, 0) is 59.9 Å². The van der Waals surface area contributed by atoms with E-state index in [0.717, 1.165) is 22.1 Å². The molecule has 3 aromatic rings. The molecule has 32 heavy (non-hydrogen) atoms. The second-order valence-electron chi connectivity index (χ2n) is 8.16. The number of thioether (sulfide) groups is 1. The number of hydrogen-bond acceptors (Lipinski definition) is 4. The lowest BCUT2D eigenvalue weighted by atomic mass is 9.77. The van der Waals surface area contributed by atoms with Crippen LogP contribution >= 0.6 is 50.9 Å². The van der Waals surface area contributed by atoms with Crippen LogP contribution in [0.25, 0.3) is 0 Å². The molecule has 1 saturated carbocycles. The molecule has 0 saturated heterocycles. The zero-order chi connectivity index (χ0) is 22.4. The monoisotopic (exact) mass is 548 g/mol. The van der Waals surface area contributed by atoms with Crippen LogP contribution in [0.4, 0.5) is 11.4 Å². The number of nitrogens with one attached hydrogen (secondary N) is 1. The molecule has 5 atom stereocenters. The average Bonchev–Trinajstić information content (AvgIpc) is 3.10. The first-order valence-electron chi connectivity index (χ1n) is 10.3. The van der Waals surface area contributed by atoms with Gasteiger partial charge < -0.3 is 5.32 Å². The van der Waals surface area contributed by atoms with Crippen molar-refractivity contribution in [3.05, 3.63) is 97.5 Å². The molecule has 0 radical (unpaired) electrons. The number of fused-ring (bicyclic) bond motifs is 3. The number of nitro benzene ring substituents is 1. The number of hydrogen-bond donors (Lipinski definition) is 1. The molecule has 1 aliphatic heterocycles. The van der Waals surface area contributed by atoms with E-state index in [1.165, 1.54) is 17.3 Å². The largest absolute Gasteiger partial charge is 0.378 e. The first-order valence-corrected chi connectivity index (χ1v) is 12.8. The highest BCUT2D eigenvalue weighted by Crippen LogP contribution is 2.58. The minimum Gasteiger partial charge on any atom is -0.378 e.